The maximum atomic E-state index is 13.1. The van der Waals surface area contributed by atoms with Crippen LogP contribution in [-0.4, -0.2) is 28.8 Å². The van der Waals surface area contributed by atoms with E-state index in [4.69, 9.17) is 11.6 Å². The number of rotatable bonds is 3. The zero-order valence-electron chi connectivity index (χ0n) is 13.1. The summed E-state index contributed by atoms with van der Waals surface area (Å²) < 4.78 is 13.1. The number of amides is 2. The summed E-state index contributed by atoms with van der Waals surface area (Å²) in [4.78, 5) is 14.2. The summed E-state index contributed by atoms with van der Waals surface area (Å²) in [5.74, 6) is -0.535. The Hall–Kier alpha value is -1.93. The van der Waals surface area contributed by atoms with E-state index >= 15 is 0 Å². The van der Waals surface area contributed by atoms with Gasteiger partial charge in [0, 0.05) is 18.3 Å². The van der Waals surface area contributed by atoms with E-state index in [1.165, 1.54) is 36.0 Å². The van der Waals surface area contributed by atoms with E-state index in [2.05, 4.69) is 32.7 Å². The van der Waals surface area contributed by atoms with Crippen molar-refractivity contribution in [2.75, 3.05) is 22.1 Å². The van der Waals surface area contributed by atoms with Crippen molar-refractivity contribution in [3.05, 3.63) is 29.0 Å². The molecular weight excluding hydrogens is 353 g/mol. The molecule has 0 saturated carbocycles. The van der Waals surface area contributed by atoms with Crippen LogP contribution < -0.4 is 15.5 Å². The molecule has 2 heterocycles. The first-order valence-electron chi connectivity index (χ1n) is 7.66. The van der Waals surface area contributed by atoms with Gasteiger partial charge in [-0.15, -0.1) is 10.2 Å². The maximum absolute atomic E-state index is 13.1. The Morgan fingerprint density at radius 1 is 1.38 bits per heavy atom. The summed E-state index contributed by atoms with van der Waals surface area (Å²) >= 11 is 7.02. The van der Waals surface area contributed by atoms with Gasteiger partial charge in [-0.3, -0.25) is 5.32 Å². The SMILES string of the molecule is C[C@@H]1CCCCN1c1nnc(NC(=O)Nc2ccc(F)c(Cl)c2)s1. The number of aromatic nitrogens is 2. The molecule has 2 N–H and O–H groups in total. The Bertz CT molecular complexity index is 740. The average Bonchev–Trinajstić information content (AvgIpc) is 2.99. The number of benzene rings is 1. The third kappa shape index (κ3) is 3.93. The second-order valence-corrected chi connectivity index (χ2v) is 7.00. The minimum Gasteiger partial charge on any atom is -0.344 e. The third-order valence-electron chi connectivity index (χ3n) is 3.86. The van der Waals surface area contributed by atoms with Crippen molar-refractivity contribution in [3.63, 3.8) is 0 Å². The molecular formula is C15H17ClFN5OS. The zero-order valence-corrected chi connectivity index (χ0v) is 14.6. The molecule has 1 aliphatic rings. The van der Waals surface area contributed by atoms with Gasteiger partial charge in [0.1, 0.15) is 5.82 Å². The molecule has 24 heavy (non-hydrogen) atoms. The largest absolute Gasteiger partial charge is 0.344 e. The summed E-state index contributed by atoms with van der Waals surface area (Å²) in [6, 6.07) is 3.92. The van der Waals surface area contributed by atoms with Crippen LogP contribution in [0.5, 0.6) is 0 Å². The molecule has 0 spiro atoms. The van der Waals surface area contributed by atoms with Crippen LogP contribution in [0.4, 0.5) is 25.1 Å². The molecule has 1 atom stereocenters. The van der Waals surface area contributed by atoms with Crippen molar-refractivity contribution in [2.45, 2.75) is 32.2 Å². The molecule has 2 aromatic rings. The Morgan fingerprint density at radius 3 is 2.96 bits per heavy atom. The summed E-state index contributed by atoms with van der Waals surface area (Å²) in [5.41, 5.74) is 0.397. The van der Waals surface area contributed by atoms with Gasteiger partial charge in [-0.1, -0.05) is 22.9 Å². The third-order valence-corrected chi connectivity index (χ3v) is 5.03. The highest BCUT2D eigenvalue weighted by Gasteiger charge is 2.22. The molecule has 2 amide bonds. The van der Waals surface area contributed by atoms with Gasteiger partial charge in [0.15, 0.2) is 0 Å². The Morgan fingerprint density at radius 2 is 2.21 bits per heavy atom. The van der Waals surface area contributed by atoms with Crippen LogP contribution >= 0.6 is 22.9 Å². The number of halogens is 2. The monoisotopic (exact) mass is 369 g/mol. The molecule has 1 aliphatic heterocycles. The topological polar surface area (TPSA) is 70.2 Å². The first-order chi connectivity index (χ1) is 11.5. The van der Waals surface area contributed by atoms with Crippen LogP contribution in [0.2, 0.25) is 5.02 Å². The number of urea groups is 1. The number of anilines is 3. The second kappa shape index (κ2) is 7.31. The van der Waals surface area contributed by atoms with Crippen molar-refractivity contribution in [1.29, 1.82) is 0 Å². The fourth-order valence-electron chi connectivity index (χ4n) is 2.60. The smallest absolute Gasteiger partial charge is 0.325 e. The summed E-state index contributed by atoms with van der Waals surface area (Å²) in [6.07, 6.45) is 3.50. The van der Waals surface area contributed by atoms with E-state index in [1.54, 1.807) is 0 Å². The molecule has 0 aliphatic carbocycles. The molecule has 6 nitrogen and oxygen atoms in total. The lowest BCUT2D eigenvalue weighted by Gasteiger charge is -2.32. The summed E-state index contributed by atoms with van der Waals surface area (Å²) in [7, 11) is 0. The van der Waals surface area contributed by atoms with Crippen molar-refractivity contribution < 1.29 is 9.18 Å². The van der Waals surface area contributed by atoms with Crippen molar-refractivity contribution in [3.8, 4) is 0 Å². The highest BCUT2D eigenvalue weighted by molar-refractivity contribution is 7.19. The van der Waals surface area contributed by atoms with Crippen molar-refractivity contribution >= 4 is 44.9 Å². The predicted molar refractivity (Wildman–Crippen MR) is 94.6 cm³/mol. The fraction of sp³-hybridized carbons (Fsp3) is 0.400. The number of nitrogens with one attached hydrogen (secondary N) is 2. The molecule has 1 saturated heterocycles. The lowest BCUT2D eigenvalue weighted by molar-refractivity contribution is 0.262. The Labute approximate surface area is 148 Å². The Kier molecular flexibility index (Phi) is 5.15. The predicted octanol–water partition coefficient (Wildman–Crippen LogP) is 4.35. The second-order valence-electron chi connectivity index (χ2n) is 5.64. The molecule has 9 heteroatoms. The van der Waals surface area contributed by atoms with E-state index in [0.717, 1.165) is 24.5 Å². The van der Waals surface area contributed by atoms with Gasteiger partial charge >= 0.3 is 6.03 Å². The summed E-state index contributed by atoms with van der Waals surface area (Å²) in [5, 5.41) is 14.5. The lowest BCUT2D eigenvalue weighted by Crippen LogP contribution is -2.37. The van der Waals surface area contributed by atoms with Gasteiger partial charge in [0.05, 0.1) is 5.02 Å². The van der Waals surface area contributed by atoms with Gasteiger partial charge in [0.25, 0.3) is 0 Å². The molecule has 0 bridgehead atoms. The first-order valence-corrected chi connectivity index (χ1v) is 8.85. The summed E-state index contributed by atoms with van der Waals surface area (Å²) in [6.45, 7) is 3.12. The molecule has 1 aromatic carbocycles. The van der Waals surface area contributed by atoms with E-state index in [9.17, 15) is 9.18 Å². The van der Waals surface area contributed by atoms with Gasteiger partial charge in [-0.05, 0) is 44.4 Å². The van der Waals surface area contributed by atoms with Gasteiger partial charge in [-0.2, -0.15) is 0 Å². The number of piperidine rings is 1. The average molecular weight is 370 g/mol. The normalized spacial score (nSPS) is 17.6. The zero-order chi connectivity index (χ0) is 17.1. The van der Waals surface area contributed by atoms with Crippen LogP contribution in [0.15, 0.2) is 18.2 Å². The fourth-order valence-corrected chi connectivity index (χ4v) is 3.65. The van der Waals surface area contributed by atoms with E-state index in [-0.39, 0.29) is 5.02 Å². The van der Waals surface area contributed by atoms with Gasteiger partial charge in [0.2, 0.25) is 10.3 Å². The van der Waals surface area contributed by atoms with Crippen LogP contribution in [0.1, 0.15) is 26.2 Å². The van der Waals surface area contributed by atoms with Crippen molar-refractivity contribution in [2.24, 2.45) is 0 Å². The highest BCUT2D eigenvalue weighted by atomic mass is 35.5. The number of hydrogen-bond acceptors (Lipinski definition) is 5. The number of hydrogen-bond donors (Lipinski definition) is 2. The minimum atomic E-state index is -0.535. The first kappa shape index (κ1) is 16.9. The van der Waals surface area contributed by atoms with Crippen LogP contribution in [-0.2, 0) is 0 Å². The molecule has 3 rings (SSSR count). The van der Waals surface area contributed by atoms with Crippen LogP contribution in [0.3, 0.4) is 0 Å². The van der Waals surface area contributed by atoms with E-state index in [0.29, 0.717) is 16.9 Å². The van der Waals surface area contributed by atoms with Gasteiger partial charge in [-0.25, -0.2) is 9.18 Å². The molecule has 0 unspecified atom stereocenters. The van der Waals surface area contributed by atoms with E-state index < -0.39 is 11.8 Å². The molecule has 0 radical (unpaired) electrons. The Balaban J connectivity index is 1.61. The molecule has 1 fully saturated rings. The number of carbonyl (C=O) groups is 1. The maximum Gasteiger partial charge on any atom is 0.325 e. The van der Waals surface area contributed by atoms with E-state index in [1.807, 2.05) is 0 Å². The quantitative estimate of drug-likeness (QED) is 0.843. The van der Waals surface area contributed by atoms with Crippen molar-refractivity contribution in [1.82, 2.24) is 10.2 Å². The minimum absolute atomic E-state index is 0.0508. The standard InChI is InChI=1S/C15H17ClFN5OS/c1-9-4-2-3-7-22(9)15-21-20-14(24-15)19-13(23)18-10-5-6-12(17)11(16)8-10/h5-6,8-9H,2-4,7H2,1H3,(H2,18,19,20,23)/t9-/m1/s1. The molecule has 128 valence electrons. The van der Waals surface area contributed by atoms with Gasteiger partial charge < -0.3 is 10.2 Å². The lowest BCUT2D eigenvalue weighted by atomic mass is 10.1. The number of nitrogens with zero attached hydrogens (tertiary/aromatic N) is 3. The highest BCUT2D eigenvalue weighted by Crippen LogP contribution is 2.29. The number of carbonyl (C=O) groups excluding carboxylic acids is 1. The van der Waals surface area contributed by atoms with Crippen LogP contribution in [0, 0.1) is 5.82 Å². The van der Waals surface area contributed by atoms with Crippen LogP contribution in [0.25, 0.3) is 0 Å². The molecule has 1 aromatic heterocycles.